The Kier molecular flexibility index (Phi) is 32.9. The minimum absolute atomic E-state index is 0.0564. The van der Waals surface area contributed by atoms with Crippen LogP contribution < -0.4 is 39.2 Å². The van der Waals surface area contributed by atoms with Gasteiger partial charge in [0.2, 0.25) is 0 Å². The van der Waals surface area contributed by atoms with Gasteiger partial charge in [-0.25, -0.2) is 44.9 Å². The fourth-order valence-electron chi connectivity index (χ4n) is 12.0. The molecule has 2 aromatic carbocycles. The second kappa shape index (κ2) is 44.0. The van der Waals surface area contributed by atoms with Gasteiger partial charge in [0.1, 0.15) is 96.8 Å². The van der Waals surface area contributed by atoms with Gasteiger partial charge in [0.25, 0.3) is 0 Å². The second-order valence-electron chi connectivity index (χ2n) is 28.6. The molecule has 0 unspecified atom stereocenters. The van der Waals surface area contributed by atoms with E-state index in [1.54, 1.807) is 108 Å². The van der Waals surface area contributed by atoms with Crippen molar-refractivity contribution < 1.29 is 65.8 Å². The Morgan fingerprint density at radius 2 is 0.869 bits per heavy atom. The first kappa shape index (κ1) is 97.1. The molecule has 0 bridgehead atoms. The van der Waals surface area contributed by atoms with Crippen LogP contribution in [0.5, 0.6) is 0 Å². The van der Waals surface area contributed by atoms with Crippen LogP contribution in [0, 0.1) is 41.5 Å². The molecule has 12 N–H and O–H groups in total. The fraction of sp³-hybridized carbons (Fsp3) is 0.132. The lowest BCUT2D eigenvalue weighted by molar-refractivity contribution is 0.100. The number of rotatable bonds is 14. The van der Waals surface area contributed by atoms with Crippen LogP contribution in [0.1, 0.15) is 104 Å². The van der Waals surface area contributed by atoms with Crippen molar-refractivity contribution in [2.24, 2.45) is 4.99 Å². The summed E-state index contributed by atoms with van der Waals surface area (Å²) in [6, 6.07) is 49.5. The van der Waals surface area contributed by atoms with Gasteiger partial charge >= 0.3 is 14.2 Å². The molecule has 0 fully saturated rings. The van der Waals surface area contributed by atoms with Crippen molar-refractivity contribution in [3.8, 4) is 68.4 Å². The third kappa shape index (κ3) is 25.3. The van der Waals surface area contributed by atoms with E-state index in [1.807, 2.05) is 133 Å². The third-order valence-corrected chi connectivity index (χ3v) is 22.0. The number of aryl methyl sites for hydroxylation is 6. The summed E-state index contributed by atoms with van der Waals surface area (Å²) in [5, 5.41) is 36.1. The van der Waals surface area contributed by atoms with E-state index in [4.69, 9.17) is 80.4 Å². The number of benzene rings is 2. The zero-order valence-corrected chi connectivity index (χ0v) is 78.6. The third-order valence-electron chi connectivity index (χ3n) is 18.3. The number of carbonyl (C=O) groups is 4. The first-order chi connectivity index (χ1) is 61.9. The Labute approximate surface area is 780 Å². The topological polar surface area (TPSA) is 491 Å². The van der Waals surface area contributed by atoms with Crippen molar-refractivity contribution in [3.63, 3.8) is 0 Å². The second-order valence-corrected chi connectivity index (χ2v) is 33.3. The molecular formula is C91H81B2Br3ClN15O16S2. The number of halogens is 4. The van der Waals surface area contributed by atoms with Gasteiger partial charge in [0.15, 0.2) is 68.6 Å². The van der Waals surface area contributed by atoms with Gasteiger partial charge in [-0.15, -0.1) is 22.7 Å². The summed E-state index contributed by atoms with van der Waals surface area (Å²) < 4.78 is 36.9. The number of fused-ring (bicyclic) bond motifs is 4. The summed E-state index contributed by atoms with van der Waals surface area (Å²) in [6.07, 6.45) is 4.81. The highest BCUT2D eigenvalue weighted by atomic mass is 79.9. The number of nitrogens with two attached hydrogens (primary N) is 3. The summed E-state index contributed by atoms with van der Waals surface area (Å²) in [5.74, 6) is 8.59. The Morgan fingerprint density at radius 3 is 1.32 bits per heavy atom. The molecule has 31 nitrogen and oxygen atoms in total. The van der Waals surface area contributed by atoms with Crippen molar-refractivity contribution in [3.05, 3.63) is 289 Å². The highest BCUT2D eigenvalue weighted by molar-refractivity contribution is 9.11. The van der Waals surface area contributed by atoms with Crippen LogP contribution in [0.25, 0.3) is 111 Å². The fourth-order valence-corrected chi connectivity index (χ4v) is 15.1. The standard InChI is InChI=1S/C20H13N3O2S.C15H16BrN3O2.C13H9BrN2O2.C12H11BrN2O2.C12H12N2O2.C7H6BNO2S.C7H7ClN2O.C5H7BO3/c1-11-2-5-17(25-11)19-13(9-14-16(24)6-7-21-20(14)23-19)12-3-4-15-18(8-12)26-10-22-15;1-9-5-6-13(21-9)14-12(16)7-11(10(2)20)15(18-14)17-8-19(3)4;1-7-2-3-11(18-7)12-9(14)6-8-10(17)4-5-15-13(8)16-12;1-6-3-4-10(17-6)11-9(13)5-8(7(2)16)12(14)15-11;1-7-3-6-11(16-7)10-5-4-9(8(2)15)12(13)14-10;10-8(11)5-1-2-6-7(3-5)12-4-9-6;1-4(11)5-2-3-6(8)10-7(5)9;1-4-2-3-5(9-4)6(7)8/h2-10H,1H3,(H,21,23,24);5-8H,1-4H3;2-6H,1H3,(H,15,16,17);3-5H,1-2H3,(H2,14,15);3-6H,1-2H3,(H2,13,14);1-4,10-11H;2-3H,1H3,(H2,9,10);2-3,7-8H,1H3. The molecule has 18 aromatic rings. The molecular weight excluding hydrogens is 1920 g/mol. The van der Waals surface area contributed by atoms with E-state index >= 15 is 0 Å². The Bertz CT molecular complexity index is 7320. The van der Waals surface area contributed by atoms with E-state index in [-0.39, 0.29) is 57.1 Å². The SMILES string of the molecule is CC(=O)c1cc(Br)c(-c2ccc(C)o2)nc1N.CC(=O)c1cc(Br)c(-c2ccc(C)o2)nc1N=CN(C)C.CC(=O)c1ccc(-c2ccc(C)o2)nc1N.CC(=O)c1ccc(Cl)nc1N.Cc1ccc(-c2nc3[nH]ccc(=O)c3cc2-c2ccc3ncsc3c2)o1.Cc1ccc(-c2nc3[nH]ccc(=O)c3cc2Br)o1.Cc1ccc(B(O)O)o1.OB(O)c1ccc2ncsc2c1. The molecule has 0 saturated heterocycles. The van der Waals surface area contributed by atoms with Gasteiger partial charge in [-0.1, -0.05) is 23.7 Å². The molecule has 0 spiro atoms. The van der Waals surface area contributed by atoms with Crippen molar-refractivity contribution in [1.29, 1.82) is 0 Å². The zero-order chi connectivity index (χ0) is 94.1. The number of furan rings is 6. The average molecular weight is 2000 g/mol. The predicted octanol–water partition coefficient (Wildman–Crippen LogP) is 18.3. The van der Waals surface area contributed by atoms with Crippen LogP contribution in [0.15, 0.2) is 248 Å². The van der Waals surface area contributed by atoms with Gasteiger partial charge in [-0.2, -0.15) is 0 Å². The molecule has 0 radical (unpaired) electrons. The van der Waals surface area contributed by atoms with Crippen LogP contribution in [-0.2, 0) is 0 Å². The van der Waals surface area contributed by atoms with E-state index in [1.165, 1.54) is 63.3 Å². The number of nitrogens with zero attached hydrogens (tertiary/aromatic N) is 10. The molecule has 39 heteroatoms. The minimum atomic E-state index is -1.49. The van der Waals surface area contributed by atoms with Gasteiger partial charge in [-0.3, -0.25) is 28.8 Å². The number of ketones is 4. The molecule has 16 aromatic heterocycles. The monoisotopic (exact) mass is 2000 g/mol. The molecule has 0 saturated carbocycles. The summed E-state index contributed by atoms with van der Waals surface area (Å²) in [4.78, 5) is 115. The summed E-state index contributed by atoms with van der Waals surface area (Å²) >= 11 is 18.8. The van der Waals surface area contributed by atoms with E-state index in [0.29, 0.717) is 133 Å². The summed E-state index contributed by atoms with van der Waals surface area (Å²) in [5.41, 5.74) is 30.7. The van der Waals surface area contributed by atoms with Gasteiger partial charge in [0.05, 0.1) is 76.6 Å². The maximum Gasteiger partial charge on any atom is 0.526 e. The molecule has 0 aliphatic heterocycles. The van der Waals surface area contributed by atoms with Crippen LogP contribution in [-0.4, -0.2) is 133 Å². The average Bonchev–Trinajstić information content (AvgIpc) is 1.47. The van der Waals surface area contributed by atoms with Crippen molar-refractivity contribution >= 4 is 203 Å². The first-order valence-electron chi connectivity index (χ1n) is 39.0. The van der Waals surface area contributed by atoms with Crippen LogP contribution in [0.2, 0.25) is 5.15 Å². The molecule has 0 amide bonds. The molecule has 0 aliphatic carbocycles. The molecule has 0 atom stereocenters. The highest BCUT2D eigenvalue weighted by Gasteiger charge is 2.22. The molecule has 662 valence electrons. The number of anilines is 3. The lowest BCUT2D eigenvalue weighted by atomic mass is 9.80. The first-order valence-corrected chi connectivity index (χ1v) is 43.5. The Morgan fingerprint density at radius 1 is 0.446 bits per heavy atom. The minimum Gasteiger partial charge on any atom is -0.470 e. The number of carbonyl (C=O) groups excluding carboxylic acids is 4. The van der Waals surface area contributed by atoms with Crippen LogP contribution in [0.3, 0.4) is 0 Å². The van der Waals surface area contributed by atoms with Gasteiger partial charge < -0.3 is 78.7 Å². The highest BCUT2D eigenvalue weighted by Crippen LogP contribution is 2.38. The number of Topliss-reactive ketones (excluding diaryl/α,β-unsaturated/α-hetero) is 4. The maximum atomic E-state index is 12.3. The number of nitrogens with one attached hydrogen (secondary N) is 2. The summed E-state index contributed by atoms with van der Waals surface area (Å²) in [7, 11) is 0.828. The smallest absolute Gasteiger partial charge is 0.470 e. The maximum absolute atomic E-state index is 12.3. The molecule has 18 rings (SSSR count). The number of thiazole rings is 2. The largest absolute Gasteiger partial charge is 0.526 e. The van der Waals surface area contributed by atoms with Crippen LogP contribution in [0.4, 0.5) is 23.3 Å². The van der Waals surface area contributed by atoms with Gasteiger partial charge in [-0.05, 0) is 274 Å². The van der Waals surface area contributed by atoms with Crippen molar-refractivity contribution in [2.75, 3.05) is 31.3 Å². The number of aromatic amines is 2. The number of hydrogen-bond donors (Lipinski definition) is 9. The molecule has 130 heavy (non-hydrogen) atoms. The van der Waals surface area contributed by atoms with E-state index < -0.39 is 14.2 Å². The normalized spacial score (nSPS) is 10.7. The van der Waals surface area contributed by atoms with E-state index in [2.05, 4.69) is 104 Å². The Hall–Kier alpha value is -13.5. The number of nitrogen functional groups attached to an aromatic ring is 3. The van der Waals surface area contributed by atoms with E-state index in [9.17, 15) is 28.8 Å². The Balaban J connectivity index is 0.000000146. The zero-order valence-electron chi connectivity index (χ0n) is 71.4. The number of pyridine rings is 8. The van der Waals surface area contributed by atoms with E-state index in [0.717, 1.165) is 64.8 Å². The molecule has 16 heterocycles. The number of aliphatic imine (C=N–C) groups is 1. The van der Waals surface area contributed by atoms with Crippen molar-refractivity contribution in [2.45, 2.75) is 69.2 Å². The number of hydrogen-bond acceptors (Lipinski definition) is 30. The lowest BCUT2D eigenvalue weighted by Crippen LogP contribution is -2.29. The predicted molar refractivity (Wildman–Crippen MR) is 518 cm³/mol. The number of aromatic nitrogens is 10. The van der Waals surface area contributed by atoms with Crippen molar-refractivity contribution in [1.82, 2.24) is 54.7 Å². The quantitative estimate of drug-likeness (QED) is 0.0160. The lowest BCUT2D eigenvalue weighted by Gasteiger charge is -2.09. The number of H-pyrrole nitrogens is 2. The van der Waals surface area contributed by atoms with Gasteiger partial charge in [0, 0.05) is 57.6 Å². The summed E-state index contributed by atoms with van der Waals surface area (Å²) in [6.45, 7) is 16.9. The molecule has 0 aliphatic rings. The van der Waals surface area contributed by atoms with Crippen LogP contribution >= 0.6 is 82.1 Å².